The van der Waals surface area contributed by atoms with E-state index in [4.69, 9.17) is 5.73 Å². The summed E-state index contributed by atoms with van der Waals surface area (Å²) in [6.07, 6.45) is 2.98. The molecule has 0 spiro atoms. The van der Waals surface area contributed by atoms with Crippen LogP contribution in [0, 0.1) is 5.82 Å². The number of thiazole rings is 1. The predicted octanol–water partition coefficient (Wildman–Crippen LogP) is 3.28. The van der Waals surface area contributed by atoms with Gasteiger partial charge in [0.25, 0.3) is 0 Å². The van der Waals surface area contributed by atoms with Crippen LogP contribution in [0.15, 0.2) is 30.5 Å². The Kier molecular flexibility index (Phi) is 4.96. The van der Waals surface area contributed by atoms with Gasteiger partial charge in [-0.2, -0.15) is 0 Å². The van der Waals surface area contributed by atoms with Gasteiger partial charge in [0, 0.05) is 24.2 Å². The highest BCUT2D eigenvalue weighted by Crippen LogP contribution is 2.29. The van der Waals surface area contributed by atoms with Gasteiger partial charge >= 0.3 is 0 Å². The molecule has 6 heteroatoms. The van der Waals surface area contributed by atoms with Gasteiger partial charge in [0.15, 0.2) is 5.13 Å². The molecule has 2 heterocycles. The zero-order valence-corrected chi connectivity index (χ0v) is 12.6. The van der Waals surface area contributed by atoms with E-state index in [0.717, 1.165) is 26.1 Å². The van der Waals surface area contributed by atoms with E-state index in [1.165, 1.54) is 10.4 Å². The van der Waals surface area contributed by atoms with Crippen LogP contribution in [0.25, 0.3) is 0 Å². The van der Waals surface area contributed by atoms with E-state index in [1.54, 1.807) is 23.5 Å². The Balaban J connectivity index is 0.00000147. The number of aromatic nitrogens is 1. The van der Waals surface area contributed by atoms with Crippen LogP contribution in [0.3, 0.4) is 0 Å². The van der Waals surface area contributed by atoms with Crippen LogP contribution < -0.4 is 5.73 Å². The average molecular weight is 314 g/mol. The molecule has 1 aromatic carbocycles. The third-order valence-electron chi connectivity index (χ3n) is 3.56. The topological polar surface area (TPSA) is 42.1 Å². The van der Waals surface area contributed by atoms with E-state index in [9.17, 15) is 4.39 Å². The first kappa shape index (κ1) is 15.2. The van der Waals surface area contributed by atoms with E-state index in [-0.39, 0.29) is 18.2 Å². The minimum atomic E-state index is -0.168. The maximum atomic E-state index is 12.9. The van der Waals surface area contributed by atoms with Crippen molar-refractivity contribution in [3.63, 3.8) is 0 Å². The van der Waals surface area contributed by atoms with Crippen molar-refractivity contribution in [1.82, 2.24) is 9.88 Å². The quantitative estimate of drug-likeness (QED) is 0.945. The third kappa shape index (κ3) is 3.48. The number of likely N-dealkylation sites (tertiary alicyclic amines) is 1. The molecule has 0 bridgehead atoms. The van der Waals surface area contributed by atoms with Gasteiger partial charge in [-0.05, 0) is 36.6 Å². The highest BCUT2D eigenvalue weighted by Gasteiger charge is 2.24. The van der Waals surface area contributed by atoms with Gasteiger partial charge in [-0.1, -0.05) is 12.1 Å². The third-order valence-corrected chi connectivity index (χ3v) is 4.38. The molecule has 1 unspecified atom stereocenters. The number of rotatable bonds is 3. The molecular formula is C14H17ClFN3S. The van der Waals surface area contributed by atoms with Crippen LogP contribution in [0.4, 0.5) is 9.52 Å². The van der Waals surface area contributed by atoms with Gasteiger partial charge in [0.2, 0.25) is 0 Å². The lowest BCUT2D eigenvalue weighted by molar-refractivity contribution is 0.329. The highest BCUT2D eigenvalue weighted by atomic mass is 35.5. The first-order chi connectivity index (χ1) is 9.20. The number of anilines is 1. The molecular weight excluding hydrogens is 297 g/mol. The van der Waals surface area contributed by atoms with E-state index < -0.39 is 0 Å². The molecule has 3 nitrogen and oxygen atoms in total. The van der Waals surface area contributed by atoms with Crippen molar-refractivity contribution in [2.24, 2.45) is 0 Å². The van der Waals surface area contributed by atoms with Crippen molar-refractivity contribution < 1.29 is 4.39 Å². The standard InChI is InChI=1S/C14H16FN3S.ClH/c15-12-3-1-10(2-4-12)11-5-6-18(8-11)9-13-7-17-14(16)19-13;/h1-4,7,11H,5-6,8-9H2,(H2,16,17);1H. The Morgan fingerprint density at radius 3 is 2.75 bits per heavy atom. The SMILES string of the molecule is Cl.Nc1ncc(CN2CCC(c3ccc(F)cc3)C2)s1. The Bertz CT molecular complexity index is 558. The number of nitrogens with two attached hydrogens (primary N) is 1. The molecule has 20 heavy (non-hydrogen) atoms. The van der Waals surface area contributed by atoms with Gasteiger partial charge in [-0.3, -0.25) is 4.90 Å². The molecule has 1 atom stereocenters. The van der Waals surface area contributed by atoms with Crippen LogP contribution in [0.2, 0.25) is 0 Å². The number of nitrogens with zero attached hydrogens (tertiary/aromatic N) is 2. The van der Waals surface area contributed by atoms with Crippen molar-refractivity contribution in [3.05, 3.63) is 46.7 Å². The summed E-state index contributed by atoms with van der Waals surface area (Å²) in [7, 11) is 0. The minimum absolute atomic E-state index is 0. The fourth-order valence-corrected chi connectivity index (χ4v) is 3.33. The van der Waals surface area contributed by atoms with Gasteiger partial charge in [-0.15, -0.1) is 23.7 Å². The van der Waals surface area contributed by atoms with Gasteiger partial charge < -0.3 is 5.73 Å². The van der Waals surface area contributed by atoms with E-state index in [2.05, 4.69) is 9.88 Å². The molecule has 0 saturated carbocycles. The number of nitrogen functional groups attached to an aromatic ring is 1. The molecule has 1 fully saturated rings. The molecule has 1 aromatic heterocycles. The normalized spacial score (nSPS) is 18.9. The Hall–Kier alpha value is -1.17. The Morgan fingerprint density at radius 2 is 2.10 bits per heavy atom. The smallest absolute Gasteiger partial charge is 0.180 e. The highest BCUT2D eigenvalue weighted by molar-refractivity contribution is 7.15. The molecule has 0 radical (unpaired) electrons. The van der Waals surface area contributed by atoms with Gasteiger partial charge in [-0.25, -0.2) is 9.37 Å². The lowest BCUT2D eigenvalue weighted by Crippen LogP contribution is -2.19. The van der Waals surface area contributed by atoms with Crippen molar-refractivity contribution >= 4 is 28.9 Å². The second-order valence-corrected chi connectivity index (χ2v) is 6.08. The lowest BCUT2D eigenvalue weighted by Gasteiger charge is -2.14. The summed E-state index contributed by atoms with van der Waals surface area (Å²) in [5, 5.41) is 0.629. The van der Waals surface area contributed by atoms with Gasteiger partial charge in [0.05, 0.1) is 0 Å². The molecule has 0 aliphatic carbocycles. The molecule has 0 amide bonds. The summed E-state index contributed by atoms with van der Waals surface area (Å²) in [6.45, 7) is 3.00. The van der Waals surface area contributed by atoms with Crippen LogP contribution >= 0.6 is 23.7 Å². The number of hydrogen-bond donors (Lipinski definition) is 1. The second-order valence-electron chi connectivity index (χ2n) is 4.94. The number of halogens is 2. The first-order valence-electron chi connectivity index (χ1n) is 6.39. The van der Waals surface area contributed by atoms with Crippen molar-refractivity contribution in [2.75, 3.05) is 18.8 Å². The van der Waals surface area contributed by atoms with Gasteiger partial charge in [0.1, 0.15) is 5.82 Å². The summed E-state index contributed by atoms with van der Waals surface area (Å²) in [5.74, 6) is 0.338. The molecule has 1 aliphatic rings. The van der Waals surface area contributed by atoms with Crippen molar-refractivity contribution in [3.8, 4) is 0 Å². The average Bonchev–Trinajstić information content (AvgIpc) is 3.00. The van der Waals surface area contributed by atoms with Crippen LogP contribution in [0.1, 0.15) is 22.8 Å². The predicted molar refractivity (Wildman–Crippen MR) is 82.8 cm³/mol. The molecule has 1 saturated heterocycles. The molecule has 108 valence electrons. The van der Waals surface area contributed by atoms with E-state index in [1.807, 2.05) is 18.3 Å². The molecule has 2 aromatic rings. The summed E-state index contributed by atoms with van der Waals surface area (Å²) in [5.41, 5.74) is 6.87. The largest absolute Gasteiger partial charge is 0.375 e. The molecule has 3 rings (SSSR count). The zero-order chi connectivity index (χ0) is 13.2. The maximum Gasteiger partial charge on any atom is 0.180 e. The summed E-state index contributed by atoms with van der Waals surface area (Å²) >= 11 is 1.55. The summed E-state index contributed by atoms with van der Waals surface area (Å²) in [6, 6.07) is 6.88. The number of benzene rings is 1. The summed E-state index contributed by atoms with van der Waals surface area (Å²) < 4.78 is 12.9. The Labute approximate surface area is 128 Å². The number of hydrogen-bond acceptors (Lipinski definition) is 4. The van der Waals surface area contributed by atoms with Crippen LogP contribution in [-0.2, 0) is 6.54 Å². The monoisotopic (exact) mass is 313 g/mol. The Morgan fingerprint density at radius 1 is 1.35 bits per heavy atom. The lowest BCUT2D eigenvalue weighted by atomic mass is 9.99. The molecule has 2 N–H and O–H groups in total. The summed E-state index contributed by atoms with van der Waals surface area (Å²) in [4.78, 5) is 7.68. The van der Waals surface area contributed by atoms with Crippen molar-refractivity contribution in [2.45, 2.75) is 18.9 Å². The van der Waals surface area contributed by atoms with E-state index in [0.29, 0.717) is 11.0 Å². The van der Waals surface area contributed by atoms with Crippen molar-refractivity contribution in [1.29, 1.82) is 0 Å². The first-order valence-corrected chi connectivity index (χ1v) is 7.20. The molecule has 1 aliphatic heterocycles. The fraction of sp³-hybridized carbons (Fsp3) is 0.357. The minimum Gasteiger partial charge on any atom is -0.375 e. The van der Waals surface area contributed by atoms with Crippen LogP contribution in [0.5, 0.6) is 0 Å². The van der Waals surface area contributed by atoms with Crippen LogP contribution in [-0.4, -0.2) is 23.0 Å². The maximum absolute atomic E-state index is 12.9. The fourth-order valence-electron chi connectivity index (χ4n) is 2.60. The second kappa shape index (κ2) is 6.52. The van der Waals surface area contributed by atoms with E-state index >= 15 is 0 Å². The zero-order valence-electron chi connectivity index (χ0n) is 11.0.